The molecule has 1 aliphatic heterocycles. The van der Waals surface area contributed by atoms with Crippen molar-refractivity contribution in [2.45, 2.75) is 38.9 Å². The molecule has 0 saturated carbocycles. The Morgan fingerprint density at radius 3 is 2.04 bits per heavy atom. The summed E-state index contributed by atoms with van der Waals surface area (Å²) < 4.78 is 5.03. The Hall–Kier alpha value is -2.74. The summed E-state index contributed by atoms with van der Waals surface area (Å²) in [6.07, 6.45) is -2.36. The highest BCUT2D eigenvalue weighted by Gasteiger charge is 2.40. The fraction of sp³-hybridized carbons (Fsp3) is 0.375. The second-order valence-corrected chi connectivity index (χ2v) is 6.17. The smallest absolute Gasteiger partial charge is 0.336 e. The number of aliphatic carboxylic acids is 1. The van der Waals surface area contributed by atoms with Gasteiger partial charge in [0, 0.05) is 0 Å². The van der Waals surface area contributed by atoms with E-state index in [0.29, 0.717) is 5.06 Å². The zero-order valence-electron chi connectivity index (χ0n) is 13.4. The molecule has 8 heteroatoms. The predicted molar refractivity (Wildman–Crippen MR) is 79.9 cm³/mol. The van der Waals surface area contributed by atoms with Crippen molar-refractivity contribution in [3.63, 3.8) is 0 Å². The molecule has 1 atom stereocenters. The van der Waals surface area contributed by atoms with Gasteiger partial charge in [0.1, 0.15) is 5.60 Å². The second-order valence-electron chi connectivity index (χ2n) is 6.17. The third-order valence-electron chi connectivity index (χ3n) is 3.04. The zero-order chi connectivity index (χ0) is 18.1. The molecule has 1 heterocycles. The molecule has 0 saturated heterocycles. The molecule has 1 N–H and O–H groups in total. The number of hydroxylamine groups is 2. The number of fused-ring (bicyclic) bond motifs is 1. The first-order valence-corrected chi connectivity index (χ1v) is 7.19. The number of hydrogen-bond donors (Lipinski definition) is 1. The summed E-state index contributed by atoms with van der Waals surface area (Å²) in [6, 6.07) is 6.01. The predicted octanol–water partition coefficient (Wildman–Crippen LogP) is 1.40. The molecule has 2 rings (SSSR count). The number of nitrogens with zero attached hydrogens (tertiary/aromatic N) is 1. The van der Waals surface area contributed by atoms with Crippen LogP contribution in [0.5, 0.6) is 0 Å². The molecular formula is C16H17NO7. The number of esters is 1. The van der Waals surface area contributed by atoms with E-state index in [1.54, 1.807) is 32.9 Å². The van der Waals surface area contributed by atoms with E-state index >= 15 is 0 Å². The Balaban J connectivity index is 2.12. The molecule has 1 aromatic carbocycles. The minimum atomic E-state index is -1.72. The quantitative estimate of drug-likeness (QED) is 0.639. The van der Waals surface area contributed by atoms with Gasteiger partial charge in [-0.3, -0.25) is 14.4 Å². The Morgan fingerprint density at radius 2 is 1.62 bits per heavy atom. The van der Waals surface area contributed by atoms with E-state index < -0.39 is 41.9 Å². The van der Waals surface area contributed by atoms with Gasteiger partial charge < -0.3 is 9.84 Å². The molecule has 0 unspecified atom stereocenters. The number of carboxylic acids is 1. The van der Waals surface area contributed by atoms with E-state index in [1.807, 2.05) is 0 Å². The number of amides is 2. The monoisotopic (exact) mass is 335 g/mol. The molecule has 0 radical (unpaired) electrons. The van der Waals surface area contributed by atoms with Crippen LogP contribution in [-0.2, 0) is 19.2 Å². The maximum atomic E-state index is 12.2. The highest BCUT2D eigenvalue weighted by atomic mass is 16.7. The Morgan fingerprint density at radius 1 is 1.12 bits per heavy atom. The van der Waals surface area contributed by atoms with Gasteiger partial charge in [-0.15, -0.1) is 5.06 Å². The summed E-state index contributed by atoms with van der Waals surface area (Å²) in [7, 11) is 0. The molecule has 0 fully saturated rings. The SMILES string of the molecule is CC(C)(C)OC(=O)C[C@@H](ON1C(=O)c2ccccc2C1=O)C(=O)O. The zero-order valence-corrected chi connectivity index (χ0v) is 13.4. The Bertz CT molecular complexity index is 670. The van der Waals surface area contributed by atoms with Gasteiger partial charge in [0.15, 0.2) is 6.10 Å². The highest BCUT2D eigenvalue weighted by molar-refractivity contribution is 6.20. The van der Waals surface area contributed by atoms with Crippen LogP contribution in [-0.4, -0.2) is 45.6 Å². The van der Waals surface area contributed by atoms with Crippen molar-refractivity contribution in [2.75, 3.05) is 0 Å². The molecule has 24 heavy (non-hydrogen) atoms. The van der Waals surface area contributed by atoms with Gasteiger partial charge in [0.05, 0.1) is 17.5 Å². The lowest BCUT2D eigenvalue weighted by atomic mass is 10.1. The lowest BCUT2D eigenvalue weighted by Crippen LogP contribution is -2.40. The van der Waals surface area contributed by atoms with E-state index in [9.17, 15) is 24.3 Å². The number of ether oxygens (including phenoxy) is 1. The second kappa shape index (κ2) is 6.40. The number of carboxylic acid groups (broad SMARTS) is 1. The van der Waals surface area contributed by atoms with E-state index in [-0.39, 0.29) is 11.1 Å². The molecular weight excluding hydrogens is 318 g/mol. The van der Waals surface area contributed by atoms with Crippen LogP contribution in [0.15, 0.2) is 24.3 Å². The maximum Gasteiger partial charge on any atom is 0.336 e. The van der Waals surface area contributed by atoms with Gasteiger partial charge >= 0.3 is 11.9 Å². The summed E-state index contributed by atoms with van der Waals surface area (Å²) in [5.41, 5.74) is -0.567. The van der Waals surface area contributed by atoms with Crippen LogP contribution in [0, 0.1) is 0 Å². The summed E-state index contributed by atoms with van der Waals surface area (Å²) in [5.74, 6) is -3.85. The fourth-order valence-corrected chi connectivity index (χ4v) is 2.09. The van der Waals surface area contributed by atoms with E-state index in [1.165, 1.54) is 12.1 Å². The first-order chi connectivity index (χ1) is 11.1. The molecule has 0 spiro atoms. The number of hydrogen-bond acceptors (Lipinski definition) is 6. The van der Waals surface area contributed by atoms with E-state index in [2.05, 4.69) is 0 Å². The number of carbonyl (C=O) groups is 4. The van der Waals surface area contributed by atoms with Crippen LogP contribution < -0.4 is 0 Å². The van der Waals surface area contributed by atoms with Crippen LogP contribution in [0.1, 0.15) is 47.9 Å². The average Bonchev–Trinajstić information content (AvgIpc) is 2.70. The summed E-state index contributed by atoms with van der Waals surface area (Å²) in [4.78, 5) is 52.4. The van der Waals surface area contributed by atoms with Crippen LogP contribution in [0.2, 0.25) is 0 Å². The third-order valence-corrected chi connectivity index (χ3v) is 3.04. The molecule has 1 aliphatic rings. The van der Waals surface area contributed by atoms with Crippen molar-refractivity contribution in [2.24, 2.45) is 0 Å². The summed E-state index contributed by atoms with van der Waals surface area (Å²) in [6.45, 7) is 4.89. The molecule has 128 valence electrons. The molecule has 0 aromatic heterocycles. The molecule has 0 bridgehead atoms. The van der Waals surface area contributed by atoms with Gasteiger partial charge in [0.25, 0.3) is 11.8 Å². The van der Waals surface area contributed by atoms with Crippen LogP contribution >= 0.6 is 0 Å². The van der Waals surface area contributed by atoms with Gasteiger partial charge in [-0.25, -0.2) is 9.63 Å². The average molecular weight is 335 g/mol. The Labute approximate surface area is 137 Å². The summed E-state index contributed by atoms with van der Waals surface area (Å²) >= 11 is 0. The number of rotatable bonds is 5. The fourth-order valence-electron chi connectivity index (χ4n) is 2.09. The van der Waals surface area contributed by atoms with E-state index in [4.69, 9.17) is 9.57 Å². The van der Waals surface area contributed by atoms with Crippen molar-refractivity contribution in [1.29, 1.82) is 0 Å². The number of imide groups is 1. The third kappa shape index (κ3) is 3.77. The van der Waals surface area contributed by atoms with Crippen molar-refractivity contribution >= 4 is 23.8 Å². The van der Waals surface area contributed by atoms with Gasteiger partial charge in [0.2, 0.25) is 0 Å². The summed E-state index contributed by atoms with van der Waals surface area (Å²) in [5, 5.41) is 9.56. The van der Waals surface area contributed by atoms with Crippen molar-refractivity contribution in [1.82, 2.24) is 5.06 Å². The van der Waals surface area contributed by atoms with Gasteiger partial charge in [-0.2, -0.15) is 0 Å². The normalized spacial score (nSPS) is 15.2. The van der Waals surface area contributed by atoms with Crippen molar-refractivity contribution in [3.8, 4) is 0 Å². The lowest BCUT2D eigenvalue weighted by molar-refractivity contribution is -0.184. The largest absolute Gasteiger partial charge is 0.479 e. The van der Waals surface area contributed by atoms with Crippen molar-refractivity contribution in [3.05, 3.63) is 35.4 Å². The van der Waals surface area contributed by atoms with Gasteiger partial charge in [-0.05, 0) is 32.9 Å². The highest BCUT2D eigenvalue weighted by Crippen LogP contribution is 2.24. The minimum Gasteiger partial charge on any atom is -0.479 e. The van der Waals surface area contributed by atoms with Crippen LogP contribution in [0.25, 0.3) is 0 Å². The standard InChI is InChI=1S/C16H17NO7/c1-16(2,3)23-12(18)8-11(15(21)22)24-17-13(19)9-6-4-5-7-10(9)14(17)20/h4-7,11H,8H2,1-3H3,(H,21,22)/t11-/m1/s1. The van der Waals surface area contributed by atoms with Crippen molar-refractivity contribution < 1.29 is 33.9 Å². The first kappa shape index (κ1) is 17.6. The van der Waals surface area contributed by atoms with E-state index in [0.717, 1.165) is 0 Å². The molecule has 1 aromatic rings. The molecule has 2 amide bonds. The lowest BCUT2D eigenvalue weighted by Gasteiger charge is -2.22. The number of carbonyl (C=O) groups excluding carboxylic acids is 3. The molecule has 8 nitrogen and oxygen atoms in total. The van der Waals surface area contributed by atoms with Gasteiger partial charge in [-0.1, -0.05) is 12.1 Å². The first-order valence-electron chi connectivity index (χ1n) is 7.19. The maximum absolute atomic E-state index is 12.2. The molecule has 0 aliphatic carbocycles. The number of benzene rings is 1. The van der Waals surface area contributed by atoms with Crippen LogP contribution in [0.3, 0.4) is 0 Å². The minimum absolute atomic E-state index is 0.115. The topological polar surface area (TPSA) is 110 Å². The van der Waals surface area contributed by atoms with Crippen LogP contribution in [0.4, 0.5) is 0 Å². The Kier molecular flexibility index (Phi) is 4.70.